The van der Waals surface area contributed by atoms with Gasteiger partial charge in [0.15, 0.2) is 0 Å². The van der Waals surface area contributed by atoms with Gasteiger partial charge < -0.3 is 13.9 Å². The van der Waals surface area contributed by atoms with Crippen LogP contribution in [0.1, 0.15) is 21.9 Å². The number of para-hydroxylation sites is 1. The molecule has 2 rings (SSSR count). The molecule has 19 heavy (non-hydrogen) atoms. The van der Waals surface area contributed by atoms with Crippen molar-refractivity contribution in [3.05, 3.63) is 53.5 Å². The fraction of sp³-hybridized carbons (Fsp3) is 0.267. The summed E-state index contributed by atoms with van der Waals surface area (Å²) in [5.41, 5.74) is 0.470. The van der Waals surface area contributed by atoms with Gasteiger partial charge in [-0.1, -0.05) is 18.2 Å². The number of benzene rings is 1. The predicted octanol–water partition coefficient (Wildman–Crippen LogP) is 3.13. The minimum Gasteiger partial charge on any atom is -0.490 e. The molecule has 0 aliphatic heterocycles. The number of hydrogen-bond donors (Lipinski definition) is 0. The standard InChI is InChI=1S/C15H16O4/c1-11-10-14(12(2)19-11)15(16)18-9-8-17-13-6-4-3-5-7-13/h3-7,10H,8-9H2,1-2H3. The molecule has 0 amide bonds. The van der Waals surface area contributed by atoms with E-state index in [2.05, 4.69) is 0 Å². The molecular weight excluding hydrogens is 244 g/mol. The van der Waals surface area contributed by atoms with Gasteiger partial charge >= 0.3 is 5.97 Å². The first-order chi connectivity index (χ1) is 9.16. The van der Waals surface area contributed by atoms with Crippen molar-refractivity contribution >= 4 is 5.97 Å². The molecule has 0 radical (unpaired) electrons. The van der Waals surface area contributed by atoms with Crippen molar-refractivity contribution in [3.8, 4) is 5.75 Å². The molecule has 0 aliphatic rings. The molecule has 0 fully saturated rings. The van der Waals surface area contributed by atoms with Crippen molar-refractivity contribution in [2.75, 3.05) is 13.2 Å². The Bertz CT molecular complexity index is 543. The van der Waals surface area contributed by atoms with E-state index in [0.717, 1.165) is 5.75 Å². The highest BCUT2D eigenvalue weighted by Crippen LogP contribution is 2.14. The maximum atomic E-state index is 11.8. The molecule has 0 aliphatic carbocycles. The number of aryl methyl sites for hydroxylation is 2. The number of furan rings is 1. The third-order valence-electron chi connectivity index (χ3n) is 2.59. The van der Waals surface area contributed by atoms with Crippen LogP contribution < -0.4 is 4.74 Å². The summed E-state index contributed by atoms with van der Waals surface area (Å²) in [5, 5.41) is 0. The maximum Gasteiger partial charge on any atom is 0.341 e. The second kappa shape index (κ2) is 6.09. The third kappa shape index (κ3) is 3.61. The number of hydrogen-bond acceptors (Lipinski definition) is 4. The molecule has 0 atom stereocenters. The SMILES string of the molecule is Cc1cc(C(=O)OCCOc2ccccc2)c(C)o1. The molecule has 0 N–H and O–H groups in total. The van der Waals surface area contributed by atoms with Crippen molar-refractivity contribution in [2.45, 2.75) is 13.8 Å². The lowest BCUT2D eigenvalue weighted by Gasteiger charge is -2.06. The molecule has 4 nitrogen and oxygen atoms in total. The largest absolute Gasteiger partial charge is 0.490 e. The van der Waals surface area contributed by atoms with Crippen LogP contribution >= 0.6 is 0 Å². The van der Waals surface area contributed by atoms with Crippen LogP contribution in [-0.4, -0.2) is 19.2 Å². The van der Waals surface area contributed by atoms with Gasteiger partial charge in [-0.2, -0.15) is 0 Å². The quantitative estimate of drug-likeness (QED) is 0.612. The zero-order valence-corrected chi connectivity index (χ0v) is 11.0. The number of esters is 1. The van der Waals surface area contributed by atoms with Gasteiger partial charge in [-0.3, -0.25) is 0 Å². The van der Waals surface area contributed by atoms with E-state index in [1.807, 2.05) is 30.3 Å². The fourth-order valence-corrected chi connectivity index (χ4v) is 1.72. The number of ether oxygens (including phenoxy) is 2. The molecule has 0 bridgehead atoms. The Labute approximate surface area is 111 Å². The first-order valence-corrected chi connectivity index (χ1v) is 6.09. The van der Waals surface area contributed by atoms with Crippen LogP contribution in [0, 0.1) is 13.8 Å². The van der Waals surface area contributed by atoms with Gasteiger partial charge in [-0.15, -0.1) is 0 Å². The first kappa shape index (κ1) is 13.2. The normalized spacial score (nSPS) is 10.2. The van der Waals surface area contributed by atoms with Crippen LogP contribution in [-0.2, 0) is 4.74 Å². The van der Waals surface area contributed by atoms with Crippen molar-refractivity contribution in [1.29, 1.82) is 0 Å². The highest BCUT2D eigenvalue weighted by atomic mass is 16.6. The second-order valence-electron chi connectivity index (χ2n) is 4.12. The summed E-state index contributed by atoms with van der Waals surface area (Å²) in [6.07, 6.45) is 0. The zero-order chi connectivity index (χ0) is 13.7. The summed E-state index contributed by atoms with van der Waals surface area (Å²) >= 11 is 0. The van der Waals surface area contributed by atoms with E-state index >= 15 is 0 Å². The molecule has 1 heterocycles. The van der Waals surface area contributed by atoms with Gasteiger partial charge in [-0.25, -0.2) is 4.79 Å². The smallest absolute Gasteiger partial charge is 0.341 e. The Morgan fingerprint density at radius 3 is 2.53 bits per heavy atom. The van der Waals surface area contributed by atoms with Gasteiger partial charge in [-0.05, 0) is 32.0 Å². The summed E-state index contributed by atoms with van der Waals surface area (Å²) in [5.74, 6) is 1.65. The van der Waals surface area contributed by atoms with Crippen LogP contribution in [0.15, 0.2) is 40.8 Å². The number of carbonyl (C=O) groups is 1. The highest BCUT2D eigenvalue weighted by Gasteiger charge is 2.14. The second-order valence-corrected chi connectivity index (χ2v) is 4.12. The van der Waals surface area contributed by atoms with E-state index in [4.69, 9.17) is 13.9 Å². The Balaban J connectivity index is 1.77. The Hall–Kier alpha value is -2.23. The van der Waals surface area contributed by atoms with Gasteiger partial charge in [0, 0.05) is 0 Å². The molecule has 0 saturated heterocycles. The molecule has 0 unspecified atom stereocenters. The molecule has 1 aromatic carbocycles. The van der Waals surface area contributed by atoms with E-state index in [1.165, 1.54) is 0 Å². The summed E-state index contributed by atoms with van der Waals surface area (Å²) in [7, 11) is 0. The van der Waals surface area contributed by atoms with Crippen molar-refractivity contribution in [3.63, 3.8) is 0 Å². The number of rotatable bonds is 5. The molecule has 100 valence electrons. The molecule has 2 aromatic rings. The van der Waals surface area contributed by atoms with E-state index in [-0.39, 0.29) is 12.6 Å². The summed E-state index contributed by atoms with van der Waals surface area (Å²) in [6, 6.07) is 11.1. The van der Waals surface area contributed by atoms with Gasteiger partial charge in [0.05, 0.1) is 0 Å². The Kier molecular flexibility index (Phi) is 4.23. The predicted molar refractivity (Wildman–Crippen MR) is 70.4 cm³/mol. The molecule has 1 aromatic heterocycles. The van der Waals surface area contributed by atoms with Gasteiger partial charge in [0.2, 0.25) is 0 Å². The lowest BCUT2D eigenvalue weighted by atomic mass is 10.2. The minimum atomic E-state index is -0.383. The lowest BCUT2D eigenvalue weighted by molar-refractivity contribution is 0.0448. The average molecular weight is 260 g/mol. The average Bonchev–Trinajstić information content (AvgIpc) is 2.75. The third-order valence-corrected chi connectivity index (χ3v) is 2.59. The van der Waals surface area contributed by atoms with Crippen molar-refractivity contribution in [2.24, 2.45) is 0 Å². The summed E-state index contributed by atoms with van der Waals surface area (Å²) in [6.45, 7) is 4.06. The summed E-state index contributed by atoms with van der Waals surface area (Å²) < 4.78 is 15.8. The van der Waals surface area contributed by atoms with E-state index in [9.17, 15) is 4.79 Å². The van der Waals surface area contributed by atoms with E-state index in [1.54, 1.807) is 19.9 Å². The highest BCUT2D eigenvalue weighted by molar-refractivity contribution is 5.90. The Morgan fingerprint density at radius 1 is 1.16 bits per heavy atom. The fourth-order valence-electron chi connectivity index (χ4n) is 1.72. The van der Waals surface area contributed by atoms with Crippen LogP contribution in [0.3, 0.4) is 0 Å². The van der Waals surface area contributed by atoms with Crippen molar-refractivity contribution < 1.29 is 18.7 Å². The molecule has 0 spiro atoms. The monoisotopic (exact) mass is 260 g/mol. The van der Waals surface area contributed by atoms with E-state index in [0.29, 0.717) is 23.7 Å². The van der Waals surface area contributed by atoms with E-state index < -0.39 is 0 Å². The number of carbonyl (C=O) groups excluding carboxylic acids is 1. The lowest BCUT2D eigenvalue weighted by Crippen LogP contribution is -2.12. The molecular formula is C15H16O4. The Morgan fingerprint density at radius 2 is 1.89 bits per heavy atom. The first-order valence-electron chi connectivity index (χ1n) is 6.09. The zero-order valence-electron chi connectivity index (χ0n) is 11.0. The van der Waals surface area contributed by atoms with Crippen molar-refractivity contribution in [1.82, 2.24) is 0 Å². The van der Waals surface area contributed by atoms with Crippen LogP contribution in [0.25, 0.3) is 0 Å². The topological polar surface area (TPSA) is 48.7 Å². The summed E-state index contributed by atoms with van der Waals surface area (Å²) in [4.78, 5) is 11.8. The molecule has 4 heteroatoms. The minimum absolute atomic E-state index is 0.206. The van der Waals surface area contributed by atoms with Crippen LogP contribution in [0.5, 0.6) is 5.75 Å². The van der Waals surface area contributed by atoms with Crippen LogP contribution in [0.2, 0.25) is 0 Å². The molecule has 0 saturated carbocycles. The maximum absolute atomic E-state index is 11.8. The van der Waals surface area contributed by atoms with Gasteiger partial charge in [0.25, 0.3) is 0 Å². The van der Waals surface area contributed by atoms with Crippen LogP contribution in [0.4, 0.5) is 0 Å². The van der Waals surface area contributed by atoms with Gasteiger partial charge in [0.1, 0.15) is 36.0 Å².